The van der Waals surface area contributed by atoms with Crippen LogP contribution in [0.4, 0.5) is 0 Å². The van der Waals surface area contributed by atoms with E-state index in [0.717, 1.165) is 0 Å². The van der Waals surface area contributed by atoms with Crippen molar-refractivity contribution in [3.8, 4) is 0 Å². The van der Waals surface area contributed by atoms with Crippen LogP contribution in [0.1, 0.15) is 36.0 Å². The summed E-state index contributed by atoms with van der Waals surface area (Å²) in [4.78, 5) is 0. The van der Waals surface area contributed by atoms with Gasteiger partial charge >= 0.3 is 0 Å². The van der Waals surface area contributed by atoms with Crippen molar-refractivity contribution in [2.75, 3.05) is 0 Å². The Labute approximate surface area is 74.6 Å². The molecule has 1 aromatic carbocycles. The van der Waals surface area contributed by atoms with E-state index in [4.69, 9.17) is 0 Å². The number of benzene rings is 1. The highest BCUT2D eigenvalue weighted by Gasteiger charge is 2.08. The highest BCUT2D eigenvalue weighted by molar-refractivity contribution is 5.35. The van der Waals surface area contributed by atoms with Crippen LogP contribution in [-0.2, 0) is 12.8 Å². The van der Waals surface area contributed by atoms with Crippen molar-refractivity contribution in [1.29, 1.82) is 0 Å². The highest BCUT2D eigenvalue weighted by Crippen LogP contribution is 2.22. The maximum absolute atomic E-state index is 2.30. The van der Waals surface area contributed by atoms with Gasteiger partial charge in [-0.25, -0.2) is 0 Å². The normalized spacial score (nSPS) is 16.8. The van der Waals surface area contributed by atoms with Crippen LogP contribution in [0, 0.1) is 6.92 Å². The summed E-state index contributed by atoms with van der Waals surface area (Å²) in [7, 11) is 0. The van der Waals surface area contributed by atoms with E-state index in [1.807, 2.05) is 0 Å². The quantitative estimate of drug-likeness (QED) is 0.511. The Hall–Kier alpha value is -0.780. The molecule has 1 aliphatic rings. The lowest BCUT2D eigenvalue weighted by molar-refractivity contribution is 0.711. The van der Waals surface area contributed by atoms with Crippen LogP contribution in [0.2, 0.25) is 0 Å². The molecule has 1 aliphatic carbocycles. The first kappa shape index (κ1) is 7.85. The van der Waals surface area contributed by atoms with Crippen LogP contribution in [0.15, 0.2) is 18.2 Å². The van der Waals surface area contributed by atoms with Crippen molar-refractivity contribution < 1.29 is 0 Å². The van der Waals surface area contributed by atoms with Crippen molar-refractivity contribution in [2.45, 2.75) is 39.0 Å². The van der Waals surface area contributed by atoms with Crippen molar-refractivity contribution in [3.05, 3.63) is 34.9 Å². The van der Waals surface area contributed by atoms with Gasteiger partial charge in [-0.15, -0.1) is 0 Å². The molecule has 64 valence electrons. The lowest BCUT2D eigenvalue weighted by Crippen LogP contribution is -1.93. The minimum Gasteiger partial charge on any atom is -0.0617 e. The summed E-state index contributed by atoms with van der Waals surface area (Å²) in [6.07, 6.45) is 6.79. The van der Waals surface area contributed by atoms with Crippen molar-refractivity contribution >= 4 is 0 Å². The fourth-order valence-corrected chi connectivity index (χ4v) is 2.15. The molecule has 0 atom stereocenters. The standard InChI is InChI=1S/C12H16/c1-10-6-5-8-11-7-3-2-4-9-12(10)11/h5-6,8H,2-4,7,9H2,1H3. The van der Waals surface area contributed by atoms with E-state index in [1.54, 1.807) is 11.1 Å². The molecule has 0 aromatic heterocycles. The van der Waals surface area contributed by atoms with Gasteiger partial charge in [0.1, 0.15) is 0 Å². The van der Waals surface area contributed by atoms with Gasteiger partial charge < -0.3 is 0 Å². The zero-order chi connectivity index (χ0) is 8.39. The molecular formula is C12H16. The molecule has 0 aliphatic heterocycles. The summed E-state index contributed by atoms with van der Waals surface area (Å²) in [5.74, 6) is 0. The zero-order valence-electron chi connectivity index (χ0n) is 7.77. The number of aryl methyl sites for hydroxylation is 2. The molecule has 0 nitrogen and oxygen atoms in total. The Bertz CT molecular complexity index is 273. The van der Waals surface area contributed by atoms with Crippen LogP contribution in [0.25, 0.3) is 0 Å². The lowest BCUT2D eigenvalue weighted by atomic mass is 9.98. The van der Waals surface area contributed by atoms with Crippen molar-refractivity contribution in [2.24, 2.45) is 0 Å². The summed E-state index contributed by atoms with van der Waals surface area (Å²) in [5, 5.41) is 0. The van der Waals surface area contributed by atoms with Gasteiger partial charge in [-0.2, -0.15) is 0 Å². The summed E-state index contributed by atoms with van der Waals surface area (Å²) in [5.41, 5.74) is 4.73. The van der Waals surface area contributed by atoms with E-state index in [2.05, 4.69) is 25.1 Å². The number of hydrogen-bond donors (Lipinski definition) is 0. The fraction of sp³-hybridized carbons (Fsp3) is 0.500. The van der Waals surface area contributed by atoms with Crippen molar-refractivity contribution in [1.82, 2.24) is 0 Å². The monoisotopic (exact) mass is 160 g/mol. The van der Waals surface area contributed by atoms with Crippen LogP contribution in [0.3, 0.4) is 0 Å². The SMILES string of the molecule is Cc1cccc2c1CCCCC2. The minimum absolute atomic E-state index is 1.30. The van der Waals surface area contributed by atoms with Gasteiger partial charge in [-0.3, -0.25) is 0 Å². The number of fused-ring (bicyclic) bond motifs is 1. The molecule has 0 radical (unpaired) electrons. The lowest BCUT2D eigenvalue weighted by Gasteiger charge is -2.07. The van der Waals surface area contributed by atoms with Gasteiger partial charge in [0, 0.05) is 0 Å². The molecule has 0 unspecified atom stereocenters. The highest BCUT2D eigenvalue weighted by atomic mass is 14.1. The van der Waals surface area contributed by atoms with E-state index in [-0.39, 0.29) is 0 Å². The average Bonchev–Trinajstić information content (AvgIpc) is 2.30. The van der Waals surface area contributed by atoms with Gasteiger partial charge in [0.2, 0.25) is 0 Å². The zero-order valence-corrected chi connectivity index (χ0v) is 7.77. The topological polar surface area (TPSA) is 0 Å². The van der Waals surface area contributed by atoms with E-state index >= 15 is 0 Å². The molecule has 2 rings (SSSR count). The first-order chi connectivity index (χ1) is 5.88. The van der Waals surface area contributed by atoms with E-state index in [0.29, 0.717) is 0 Å². The Morgan fingerprint density at radius 1 is 1.00 bits per heavy atom. The molecule has 0 heterocycles. The third kappa shape index (κ3) is 1.38. The Kier molecular flexibility index (Phi) is 2.16. The number of rotatable bonds is 0. The molecule has 1 aromatic rings. The van der Waals surface area contributed by atoms with Gasteiger partial charge in [0.15, 0.2) is 0 Å². The first-order valence-corrected chi connectivity index (χ1v) is 4.95. The molecule has 0 saturated heterocycles. The smallest absolute Gasteiger partial charge is 0.0274 e. The molecular weight excluding hydrogens is 144 g/mol. The van der Waals surface area contributed by atoms with Crippen LogP contribution < -0.4 is 0 Å². The molecule has 0 fully saturated rings. The molecule has 0 amide bonds. The molecule has 0 saturated carbocycles. The Morgan fingerprint density at radius 2 is 1.83 bits per heavy atom. The predicted molar refractivity (Wildman–Crippen MR) is 52.4 cm³/mol. The Morgan fingerprint density at radius 3 is 2.75 bits per heavy atom. The largest absolute Gasteiger partial charge is 0.0617 e. The van der Waals surface area contributed by atoms with Crippen LogP contribution in [0.5, 0.6) is 0 Å². The molecule has 12 heavy (non-hydrogen) atoms. The molecule has 0 spiro atoms. The second-order valence-corrected chi connectivity index (χ2v) is 3.77. The minimum atomic E-state index is 1.30. The van der Waals surface area contributed by atoms with Gasteiger partial charge in [-0.05, 0) is 49.3 Å². The number of hydrogen-bond acceptors (Lipinski definition) is 0. The van der Waals surface area contributed by atoms with Crippen LogP contribution >= 0.6 is 0 Å². The first-order valence-electron chi connectivity index (χ1n) is 4.95. The molecule has 0 bridgehead atoms. The molecule has 0 N–H and O–H groups in total. The second-order valence-electron chi connectivity index (χ2n) is 3.77. The van der Waals surface area contributed by atoms with E-state index in [1.165, 1.54) is 37.7 Å². The summed E-state index contributed by atoms with van der Waals surface area (Å²) in [6.45, 7) is 2.24. The predicted octanol–water partition coefficient (Wildman–Crippen LogP) is 3.26. The summed E-state index contributed by atoms with van der Waals surface area (Å²) < 4.78 is 0. The van der Waals surface area contributed by atoms with Gasteiger partial charge in [-0.1, -0.05) is 24.6 Å². The fourth-order valence-electron chi connectivity index (χ4n) is 2.15. The average molecular weight is 160 g/mol. The van der Waals surface area contributed by atoms with Gasteiger partial charge in [0.25, 0.3) is 0 Å². The van der Waals surface area contributed by atoms with E-state index in [9.17, 15) is 0 Å². The second kappa shape index (κ2) is 3.30. The maximum atomic E-state index is 2.30. The van der Waals surface area contributed by atoms with Crippen molar-refractivity contribution in [3.63, 3.8) is 0 Å². The summed E-state index contributed by atoms with van der Waals surface area (Å²) >= 11 is 0. The molecule has 0 heteroatoms. The third-order valence-electron chi connectivity index (χ3n) is 2.88. The Balaban J connectivity index is 2.42. The van der Waals surface area contributed by atoms with E-state index < -0.39 is 0 Å². The maximum Gasteiger partial charge on any atom is -0.0274 e. The van der Waals surface area contributed by atoms with Crippen LogP contribution in [-0.4, -0.2) is 0 Å². The summed E-state index contributed by atoms with van der Waals surface area (Å²) in [6, 6.07) is 6.73. The van der Waals surface area contributed by atoms with Gasteiger partial charge in [0.05, 0.1) is 0 Å². The third-order valence-corrected chi connectivity index (χ3v) is 2.88.